The van der Waals surface area contributed by atoms with Crippen LogP contribution in [0.3, 0.4) is 0 Å². The van der Waals surface area contributed by atoms with Gasteiger partial charge in [-0.05, 0) is 48.7 Å². The Kier molecular flexibility index (Phi) is 11.4. The fourth-order valence-electron chi connectivity index (χ4n) is 5.37. The highest BCUT2D eigenvalue weighted by Crippen LogP contribution is 2.44. The van der Waals surface area contributed by atoms with E-state index in [4.69, 9.17) is 15.2 Å². The van der Waals surface area contributed by atoms with E-state index < -0.39 is 47.9 Å². The first-order valence-electron chi connectivity index (χ1n) is 16.1. The van der Waals surface area contributed by atoms with Crippen LogP contribution in [0.15, 0.2) is 61.1 Å². The molecule has 4 aromatic rings. The first-order valence-corrected chi connectivity index (χ1v) is 21.5. The lowest BCUT2D eigenvalue weighted by atomic mass is 9.78. The Bertz CT molecular complexity index is 1940. The van der Waals surface area contributed by atoms with Crippen LogP contribution < -0.4 is 20.5 Å². The standard InChI is InChI=1S/C33H39F4N7O5SSi/c1-51(2,3)16-15-48-20-44-32(41-27-18-39-13-14-40-27)28(31(38)45)29(42-44)23-9-12-25(43-50(46,47)19-33(35,36)37)26(17-23)49-30(21-5-4-6-21)22-7-10-24(34)11-8-22/h7-14,17-18,21,30,43H,4-6,15-16,19-20H2,1-3H3,(H2,38,45)(H,40,41). The third-order valence-electron chi connectivity index (χ3n) is 8.12. The largest absolute Gasteiger partial charge is 0.483 e. The molecule has 1 atom stereocenters. The molecule has 1 amide bonds. The number of aromatic nitrogens is 4. The van der Waals surface area contributed by atoms with Gasteiger partial charge in [0.2, 0.25) is 10.0 Å². The molecule has 1 aliphatic carbocycles. The number of ether oxygens (including phenoxy) is 2. The van der Waals surface area contributed by atoms with Crippen LogP contribution in [0.25, 0.3) is 11.3 Å². The maximum absolute atomic E-state index is 13.8. The van der Waals surface area contributed by atoms with Gasteiger partial charge in [-0.3, -0.25) is 14.5 Å². The molecule has 0 bridgehead atoms. The van der Waals surface area contributed by atoms with Crippen molar-refractivity contribution in [1.82, 2.24) is 19.7 Å². The molecule has 18 heteroatoms. The Hall–Kier alpha value is -4.55. The molecule has 1 aliphatic rings. The summed E-state index contributed by atoms with van der Waals surface area (Å²) in [5, 5.41) is 7.67. The summed E-state index contributed by atoms with van der Waals surface area (Å²) >= 11 is 0. The quantitative estimate of drug-likeness (QED) is 0.0631. The van der Waals surface area contributed by atoms with Crippen LogP contribution in [0.4, 0.5) is 34.9 Å². The van der Waals surface area contributed by atoms with Crippen molar-refractivity contribution >= 4 is 41.3 Å². The van der Waals surface area contributed by atoms with Crippen LogP contribution in [-0.4, -0.2) is 60.7 Å². The van der Waals surface area contributed by atoms with Crippen molar-refractivity contribution in [2.24, 2.45) is 11.7 Å². The summed E-state index contributed by atoms with van der Waals surface area (Å²) in [5.74, 6) is -3.25. The zero-order valence-corrected chi connectivity index (χ0v) is 30.0. The molecule has 1 unspecified atom stereocenters. The minimum absolute atomic E-state index is 0.0461. The average Bonchev–Trinajstić information content (AvgIpc) is 3.36. The number of primary amides is 1. The summed E-state index contributed by atoms with van der Waals surface area (Å²) in [6.07, 6.45) is 1.03. The first-order chi connectivity index (χ1) is 24.0. The Morgan fingerprint density at radius 3 is 2.43 bits per heavy atom. The molecule has 274 valence electrons. The second-order valence-corrected chi connectivity index (χ2v) is 20.8. The van der Waals surface area contributed by atoms with Crippen molar-refractivity contribution in [3.8, 4) is 17.0 Å². The van der Waals surface area contributed by atoms with Gasteiger partial charge in [-0.1, -0.05) is 44.3 Å². The van der Waals surface area contributed by atoms with Crippen molar-refractivity contribution in [1.29, 1.82) is 0 Å². The lowest BCUT2D eigenvalue weighted by Gasteiger charge is -2.34. The van der Waals surface area contributed by atoms with Crippen molar-refractivity contribution in [2.75, 3.05) is 22.4 Å². The average molecular weight is 750 g/mol. The number of nitrogens with one attached hydrogen (secondary N) is 2. The third kappa shape index (κ3) is 10.3. The lowest BCUT2D eigenvalue weighted by molar-refractivity contribution is -0.106. The Labute approximate surface area is 293 Å². The molecule has 0 saturated heterocycles. The molecular weight excluding hydrogens is 711 g/mol. The van der Waals surface area contributed by atoms with Gasteiger partial charge < -0.3 is 20.5 Å². The van der Waals surface area contributed by atoms with E-state index in [1.807, 2.05) is 4.72 Å². The number of nitrogens with two attached hydrogens (primary N) is 1. The number of anilines is 3. The molecule has 1 saturated carbocycles. The van der Waals surface area contributed by atoms with Gasteiger partial charge in [0.15, 0.2) is 5.75 Å². The highest BCUT2D eigenvalue weighted by atomic mass is 32.2. The summed E-state index contributed by atoms with van der Waals surface area (Å²) < 4.78 is 94.4. The molecular formula is C33H39F4N7O5SSi. The SMILES string of the molecule is C[Si](C)(C)CCOCn1nc(-c2ccc(NS(=O)(=O)CC(F)(F)F)c(OC(c3ccc(F)cc3)C3CCC3)c2)c(C(N)=O)c1Nc1cnccn1. The molecule has 4 N–H and O–H groups in total. The monoisotopic (exact) mass is 749 g/mol. The fourth-order valence-corrected chi connectivity index (χ4v) is 7.13. The van der Waals surface area contributed by atoms with Crippen LogP contribution in [0.1, 0.15) is 41.3 Å². The van der Waals surface area contributed by atoms with E-state index >= 15 is 0 Å². The van der Waals surface area contributed by atoms with E-state index in [1.165, 1.54) is 65.7 Å². The number of benzene rings is 2. The Balaban J connectivity index is 1.61. The fraction of sp³-hybridized carbons (Fsp3) is 0.394. The number of rotatable bonds is 16. The van der Waals surface area contributed by atoms with Gasteiger partial charge in [-0.2, -0.15) is 18.3 Å². The van der Waals surface area contributed by atoms with Gasteiger partial charge in [-0.15, -0.1) is 0 Å². The summed E-state index contributed by atoms with van der Waals surface area (Å²) in [6.45, 7) is 6.95. The predicted octanol–water partition coefficient (Wildman–Crippen LogP) is 6.86. The first kappa shape index (κ1) is 37.7. The minimum atomic E-state index is -5.01. The molecule has 12 nitrogen and oxygen atoms in total. The number of hydrogen-bond acceptors (Lipinski definition) is 9. The molecule has 2 aromatic carbocycles. The van der Waals surface area contributed by atoms with E-state index in [1.54, 1.807) is 0 Å². The highest BCUT2D eigenvalue weighted by molar-refractivity contribution is 7.92. The smallest absolute Gasteiger partial charge is 0.404 e. The van der Waals surface area contributed by atoms with Crippen molar-refractivity contribution < 1.29 is 40.2 Å². The van der Waals surface area contributed by atoms with Gasteiger partial charge in [-0.25, -0.2) is 22.5 Å². The number of nitrogens with zero attached hydrogens (tertiary/aromatic N) is 4. The number of carbonyl (C=O) groups is 1. The topological polar surface area (TPSA) is 163 Å². The maximum atomic E-state index is 13.8. The van der Waals surface area contributed by atoms with Crippen molar-refractivity contribution in [3.63, 3.8) is 0 Å². The minimum Gasteiger partial charge on any atom is -0.483 e. The number of carbonyl (C=O) groups excluding carboxylic acids is 1. The van der Waals surface area contributed by atoms with E-state index in [2.05, 4.69) is 40.0 Å². The molecule has 0 spiro atoms. The number of sulfonamides is 1. The van der Waals surface area contributed by atoms with Gasteiger partial charge in [0.25, 0.3) is 5.91 Å². The molecule has 51 heavy (non-hydrogen) atoms. The maximum Gasteiger partial charge on any atom is 0.404 e. The van der Waals surface area contributed by atoms with Gasteiger partial charge in [0.1, 0.15) is 47.3 Å². The van der Waals surface area contributed by atoms with E-state index in [-0.39, 0.29) is 52.5 Å². The zero-order chi connectivity index (χ0) is 37.0. The second kappa shape index (κ2) is 15.4. The van der Waals surface area contributed by atoms with Crippen LogP contribution >= 0.6 is 0 Å². The molecule has 2 heterocycles. The lowest BCUT2D eigenvalue weighted by Crippen LogP contribution is -2.28. The molecule has 0 radical (unpaired) electrons. The normalized spacial score (nSPS) is 14.5. The van der Waals surface area contributed by atoms with E-state index in [9.17, 15) is 30.8 Å². The Morgan fingerprint density at radius 2 is 1.84 bits per heavy atom. The number of alkyl halides is 3. The van der Waals surface area contributed by atoms with Crippen molar-refractivity contribution in [3.05, 3.63) is 78.0 Å². The number of amides is 1. The van der Waals surface area contributed by atoms with E-state index in [0.717, 1.165) is 25.3 Å². The molecule has 5 rings (SSSR count). The van der Waals surface area contributed by atoms with Crippen molar-refractivity contribution in [2.45, 2.75) is 64.0 Å². The van der Waals surface area contributed by atoms with Gasteiger partial charge >= 0.3 is 6.18 Å². The van der Waals surface area contributed by atoms with Gasteiger partial charge in [0, 0.05) is 38.6 Å². The third-order valence-corrected chi connectivity index (χ3v) is 11.1. The summed E-state index contributed by atoms with van der Waals surface area (Å²) in [5.41, 5.74) is 6.44. The summed E-state index contributed by atoms with van der Waals surface area (Å²) in [6, 6.07) is 10.4. The van der Waals surface area contributed by atoms with Gasteiger partial charge in [0.05, 0.1) is 11.9 Å². The van der Waals surface area contributed by atoms with E-state index in [0.29, 0.717) is 12.2 Å². The van der Waals surface area contributed by atoms with Crippen LogP contribution in [0.5, 0.6) is 5.75 Å². The van der Waals surface area contributed by atoms with Crippen LogP contribution in [0.2, 0.25) is 25.7 Å². The summed E-state index contributed by atoms with van der Waals surface area (Å²) in [4.78, 5) is 21.3. The van der Waals surface area contributed by atoms with Crippen LogP contribution in [0, 0.1) is 11.7 Å². The molecule has 2 aromatic heterocycles. The zero-order valence-electron chi connectivity index (χ0n) is 28.2. The highest BCUT2D eigenvalue weighted by Gasteiger charge is 2.36. The molecule has 0 aliphatic heterocycles. The second-order valence-electron chi connectivity index (χ2n) is 13.5. The Morgan fingerprint density at radius 1 is 1.12 bits per heavy atom. The number of hydrogen-bond donors (Lipinski definition) is 3. The van der Waals surface area contributed by atoms with Crippen LogP contribution in [-0.2, 0) is 21.5 Å². The summed E-state index contributed by atoms with van der Waals surface area (Å²) in [7, 11) is -6.37. The molecule has 1 fully saturated rings. The number of halogens is 4. The predicted molar refractivity (Wildman–Crippen MR) is 186 cm³/mol.